The number of allylic oxidation sites excluding steroid dienone is 8. The van der Waals surface area contributed by atoms with Gasteiger partial charge in [0.05, 0.1) is 34.9 Å². The molecule has 0 aromatic carbocycles. The van der Waals surface area contributed by atoms with Crippen LogP contribution in [0.25, 0.3) is 40.0 Å². The molecule has 0 bridgehead atoms. The predicted molar refractivity (Wildman–Crippen MR) is 169 cm³/mol. The highest BCUT2D eigenvalue weighted by Gasteiger charge is 2.48. The van der Waals surface area contributed by atoms with Crippen LogP contribution in [0, 0.1) is 35.8 Å². The molecule has 7 rings (SSSR count). The minimum Gasteiger partial charge on any atom is -0.226 e. The Balaban J connectivity index is 1.35. The maximum absolute atomic E-state index is 9.44. The maximum atomic E-state index is 9.44. The molecule has 4 aliphatic rings. The van der Waals surface area contributed by atoms with Gasteiger partial charge in [-0.05, 0) is 91.4 Å². The number of nitrogens with zero attached hydrogens (tertiary/aromatic N) is 4. The van der Waals surface area contributed by atoms with Gasteiger partial charge in [-0.25, -0.2) is 20.2 Å². The second-order valence-electron chi connectivity index (χ2n) is 11.3. The molecule has 0 saturated heterocycles. The van der Waals surface area contributed by atoms with Crippen molar-refractivity contribution in [1.82, 2.24) is 0 Å². The average molecular weight is 587 g/mol. The van der Waals surface area contributed by atoms with Crippen LogP contribution >= 0.6 is 34.0 Å². The molecular formula is C34H26N4S3. The molecule has 3 aromatic heterocycles. The van der Waals surface area contributed by atoms with Crippen LogP contribution < -0.4 is 0 Å². The van der Waals surface area contributed by atoms with E-state index < -0.39 is 0 Å². The zero-order valence-electron chi connectivity index (χ0n) is 22.6. The Hall–Kier alpha value is -3.72. The van der Waals surface area contributed by atoms with E-state index in [9.17, 15) is 10.5 Å². The van der Waals surface area contributed by atoms with Crippen LogP contribution in [0.2, 0.25) is 0 Å². The van der Waals surface area contributed by atoms with Crippen LogP contribution in [0.3, 0.4) is 0 Å². The second-order valence-corrected chi connectivity index (χ2v) is 14.5. The number of nitriles is 2. The van der Waals surface area contributed by atoms with E-state index in [1.54, 1.807) is 5.56 Å². The summed E-state index contributed by atoms with van der Waals surface area (Å²) < 4.78 is 2.80. The summed E-state index contributed by atoms with van der Waals surface area (Å²) in [5.41, 5.74) is 7.93. The highest BCUT2D eigenvalue weighted by Crippen LogP contribution is 2.64. The van der Waals surface area contributed by atoms with Gasteiger partial charge in [0.15, 0.2) is 0 Å². The highest BCUT2D eigenvalue weighted by molar-refractivity contribution is 7.32. The van der Waals surface area contributed by atoms with E-state index in [1.807, 2.05) is 34.0 Å². The van der Waals surface area contributed by atoms with Gasteiger partial charge >= 0.3 is 0 Å². The summed E-state index contributed by atoms with van der Waals surface area (Å²) in [5.74, 6) is 0. The van der Waals surface area contributed by atoms with Crippen LogP contribution in [0.4, 0.5) is 0 Å². The van der Waals surface area contributed by atoms with E-state index in [-0.39, 0.29) is 16.8 Å². The molecule has 4 aliphatic carbocycles. The summed E-state index contributed by atoms with van der Waals surface area (Å²) in [6.45, 7) is 14.8. The van der Waals surface area contributed by atoms with Gasteiger partial charge in [0.2, 0.25) is 0 Å². The molecule has 200 valence electrons. The standard InChI is InChI=1S/C34H26N4S3/c1-37-25(18-35)20-8-6-10-22(14-20)27-16-24-31(39-27)33-30(34(24)12-4-3-5-13-34)32-29(41-33)17-28(40-32)23-11-7-9-21(15-23)26(19-36)38-2/h14-17H,3-13H2/b25-20+,26-21-. The summed E-state index contributed by atoms with van der Waals surface area (Å²) in [6.07, 6.45) is 16.0. The summed E-state index contributed by atoms with van der Waals surface area (Å²) in [4.78, 5) is 12.4. The molecule has 41 heavy (non-hydrogen) atoms. The molecule has 0 aliphatic heterocycles. The number of hydrogen-bond acceptors (Lipinski definition) is 5. The average Bonchev–Trinajstić information content (AvgIpc) is 3.76. The van der Waals surface area contributed by atoms with Crippen molar-refractivity contribution in [1.29, 1.82) is 10.5 Å². The van der Waals surface area contributed by atoms with Crippen molar-refractivity contribution in [2.24, 2.45) is 0 Å². The first-order valence-electron chi connectivity index (χ1n) is 14.2. The third-order valence-electron chi connectivity index (χ3n) is 9.16. The Labute approximate surface area is 252 Å². The van der Waals surface area contributed by atoms with Gasteiger partial charge in [0.25, 0.3) is 11.4 Å². The van der Waals surface area contributed by atoms with E-state index in [2.05, 4.69) is 46.1 Å². The first-order valence-corrected chi connectivity index (χ1v) is 16.7. The lowest BCUT2D eigenvalue weighted by atomic mass is 9.68. The van der Waals surface area contributed by atoms with E-state index >= 15 is 0 Å². The lowest BCUT2D eigenvalue weighted by Crippen LogP contribution is -2.27. The predicted octanol–water partition coefficient (Wildman–Crippen LogP) is 10.8. The maximum Gasteiger partial charge on any atom is 0.265 e. The van der Waals surface area contributed by atoms with Crippen molar-refractivity contribution in [3.05, 3.63) is 90.5 Å². The Kier molecular flexibility index (Phi) is 6.57. The molecular weight excluding hydrogens is 561 g/mol. The summed E-state index contributed by atoms with van der Waals surface area (Å²) in [6, 6.07) is 9.02. The van der Waals surface area contributed by atoms with Crippen LogP contribution in [-0.2, 0) is 5.41 Å². The van der Waals surface area contributed by atoms with Crippen molar-refractivity contribution < 1.29 is 0 Å². The van der Waals surface area contributed by atoms with Crippen molar-refractivity contribution in [2.45, 2.75) is 76.0 Å². The number of rotatable bonds is 2. The smallest absolute Gasteiger partial charge is 0.226 e. The lowest BCUT2D eigenvalue weighted by molar-refractivity contribution is 0.356. The van der Waals surface area contributed by atoms with Gasteiger partial charge in [0, 0.05) is 30.3 Å². The van der Waals surface area contributed by atoms with Crippen LogP contribution in [0.5, 0.6) is 0 Å². The number of thiophene rings is 3. The van der Waals surface area contributed by atoms with Gasteiger partial charge in [-0.15, -0.1) is 34.0 Å². The van der Waals surface area contributed by atoms with E-state index in [0.717, 1.165) is 49.7 Å². The SMILES string of the molecule is [C-]#[N+]/C(C#N)=C1\C=C(c2cc3sc4c(c3s2)C2(CCCCC2)c2cc(C3=C/C(=C(\C#N)[N+]#[C-])CCC3)sc2-4)CCC1. The van der Waals surface area contributed by atoms with Gasteiger partial charge in [-0.2, -0.15) is 0 Å². The van der Waals surface area contributed by atoms with Crippen molar-refractivity contribution >= 4 is 54.6 Å². The fraction of sp³-hybridized carbons (Fsp3) is 0.353. The number of hydrogen-bond donors (Lipinski definition) is 0. The Bertz CT molecular complexity index is 1880. The summed E-state index contributed by atoms with van der Waals surface area (Å²) >= 11 is 5.77. The number of fused-ring (bicyclic) bond motifs is 7. The zero-order valence-corrected chi connectivity index (χ0v) is 25.1. The summed E-state index contributed by atoms with van der Waals surface area (Å²) in [5, 5.41) is 18.9. The van der Waals surface area contributed by atoms with Crippen LogP contribution in [-0.4, -0.2) is 0 Å². The first kappa shape index (κ1) is 26.2. The fourth-order valence-electron chi connectivity index (χ4n) is 7.27. The molecule has 3 aromatic rings. The second kappa shape index (κ2) is 10.3. The minimum atomic E-state index is 0.0738. The molecule has 7 heteroatoms. The molecule has 4 nitrogen and oxygen atoms in total. The molecule has 0 amide bonds. The van der Waals surface area contributed by atoms with Gasteiger partial charge in [-0.3, -0.25) is 0 Å². The molecule has 0 unspecified atom stereocenters. The molecule has 0 atom stereocenters. The molecule has 0 radical (unpaired) electrons. The molecule has 1 saturated carbocycles. The quantitative estimate of drug-likeness (QED) is 0.221. The third-order valence-corrected chi connectivity index (χ3v) is 13.0. The molecule has 1 fully saturated rings. The minimum absolute atomic E-state index is 0.0738. The zero-order chi connectivity index (χ0) is 28.1. The Morgan fingerprint density at radius 3 is 1.93 bits per heavy atom. The Morgan fingerprint density at radius 2 is 1.34 bits per heavy atom. The topological polar surface area (TPSA) is 56.3 Å². The van der Waals surface area contributed by atoms with Gasteiger partial charge < -0.3 is 0 Å². The van der Waals surface area contributed by atoms with Crippen molar-refractivity contribution in [3.63, 3.8) is 0 Å². The van der Waals surface area contributed by atoms with Crippen molar-refractivity contribution in [2.75, 3.05) is 0 Å². The van der Waals surface area contributed by atoms with E-state index in [4.69, 9.17) is 13.1 Å². The molecule has 3 heterocycles. The van der Waals surface area contributed by atoms with Gasteiger partial charge in [0.1, 0.15) is 0 Å². The summed E-state index contributed by atoms with van der Waals surface area (Å²) in [7, 11) is 0. The van der Waals surface area contributed by atoms with Crippen molar-refractivity contribution in [3.8, 4) is 21.9 Å². The fourth-order valence-corrected chi connectivity index (χ4v) is 11.6. The Morgan fingerprint density at radius 1 is 0.732 bits per heavy atom. The lowest BCUT2D eigenvalue weighted by Gasteiger charge is -2.35. The molecule has 0 N–H and O–H groups in total. The van der Waals surface area contributed by atoms with E-state index in [0.29, 0.717) is 0 Å². The normalized spacial score (nSPS) is 21.6. The van der Waals surface area contributed by atoms with Crippen LogP contribution in [0.15, 0.2) is 46.8 Å². The largest absolute Gasteiger partial charge is 0.265 e. The van der Waals surface area contributed by atoms with E-state index in [1.165, 1.54) is 77.7 Å². The monoisotopic (exact) mass is 586 g/mol. The third kappa shape index (κ3) is 4.08. The van der Waals surface area contributed by atoms with Gasteiger partial charge in [-0.1, -0.05) is 31.4 Å². The molecule has 1 spiro atoms. The van der Waals surface area contributed by atoms with Crippen LogP contribution in [0.1, 0.15) is 91.5 Å². The highest BCUT2D eigenvalue weighted by atomic mass is 32.1. The first-order chi connectivity index (χ1) is 20.1.